The molecule has 0 atom stereocenters. The van der Waals surface area contributed by atoms with Crippen molar-refractivity contribution in [3.05, 3.63) is 12.2 Å². The third-order valence-electron chi connectivity index (χ3n) is 1.43. The zero-order valence-electron chi connectivity index (χ0n) is 6.94. The van der Waals surface area contributed by atoms with Crippen LogP contribution in [0, 0.1) is 0 Å². The summed E-state index contributed by atoms with van der Waals surface area (Å²) in [6.45, 7) is -0.357. The molecular weight excluding hydrogens is 176 g/mol. The van der Waals surface area contributed by atoms with Gasteiger partial charge in [0.1, 0.15) is 0 Å². The minimum absolute atomic E-state index is 0.357. The van der Waals surface area contributed by atoms with Crippen molar-refractivity contribution in [1.82, 2.24) is 10.2 Å². The first-order valence-electron chi connectivity index (χ1n) is 3.53. The minimum Gasteiger partial charge on any atom is -0.428 e. The standard InChI is InChI=1S/C7H8N2O4/c1-8-7(12)13-4-9-5(10)2-3-6(9)11/h2-3H,4H2,1H3,(H,8,12). The normalized spacial score (nSPS) is 15.0. The monoisotopic (exact) mass is 184 g/mol. The van der Waals surface area contributed by atoms with E-state index in [1.807, 2.05) is 0 Å². The molecule has 70 valence electrons. The largest absolute Gasteiger partial charge is 0.428 e. The molecule has 0 aromatic heterocycles. The van der Waals surface area contributed by atoms with E-state index in [1.54, 1.807) is 0 Å². The quantitative estimate of drug-likeness (QED) is 0.571. The molecule has 1 N–H and O–H groups in total. The lowest BCUT2D eigenvalue weighted by atomic mass is 10.6. The molecule has 0 radical (unpaired) electrons. The highest BCUT2D eigenvalue weighted by atomic mass is 16.6. The maximum atomic E-state index is 10.9. The Morgan fingerprint density at radius 1 is 1.46 bits per heavy atom. The highest BCUT2D eigenvalue weighted by Crippen LogP contribution is 2.02. The average molecular weight is 184 g/mol. The molecule has 0 unspecified atom stereocenters. The van der Waals surface area contributed by atoms with Crippen LogP contribution in [-0.4, -0.2) is 36.6 Å². The molecule has 0 saturated heterocycles. The summed E-state index contributed by atoms with van der Waals surface area (Å²) in [5.41, 5.74) is 0. The molecular formula is C7H8N2O4. The minimum atomic E-state index is -0.687. The summed E-state index contributed by atoms with van der Waals surface area (Å²) in [5.74, 6) is -0.956. The van der Waals surface area contributed by atoms with Gasteiger partial charge in [0.05, 0.1) is 0 Å². The van der Waals surface area contributed by atoms with Crippen LogP contribution >= 0.6 is 0 Å². The van der Waals surface area contributed by atoms with Gasteiger partial charge in [0.25, 0.3) is 11.8 Å². The van der Waals surface area contributed by atoms with Crippen LogP contribution in [0.3, 0.4) is 0 Å². The number of nitrogens with zero attached hydrogens (tertiary/aromatic N) is 1. The fourth-order valence-corrected chi connectivity index (χ4v) is 0.754. The number of hydrogen-bond acceptors (Lipinski definition) is 4. The molecule has 0 bridgehead atoms. The third kappa shape index (κ3) is 2.05. The second-order valence-electron chi connectivity index (χ2n) is 2.25. The SMILES string of the molecule is CNC(=O)OCN1C(=O)C=CC1=O. The van der Waals surface area contributed by atoms with Gasteiger partial charge in [-0.3, -0.25) is 9.59 Å². The first-order chi connectivity index (χ1) is 6.15. The van der Waals surface area contributed by atoms with Crippen LogP contribution in [0.4, 0.5) is 4.79 Å². The van der Waals surface area contributed by atoms with E-state index >= 15 is 0 Å². The van der Waals surface area contributed by atoms with Gasteiger partial charge in [0.15, 0.2) is 6.73 Å². The van der Waals surface area contributed by atoms with Crippen LogP contribution in [0.1, 0.15) is 0 Å². The van der Waals surface area contributed by atoms with Crippen molar-refractivity contribution in [2.24, 2.45) is 0 Å². The van der Waals surface area contributed by atoms with Crippen molar-refractivity contribution in [2.45, 2.75) is 0 Å². The highest BCUT2D eigenvalue weighted by Gasteiger charge is 2.23. The highest BCUT2D eigenvalue weighted by molar-refractivity contribution is 6.12. The Hall–Kier alpha value is -1.85. The molecule has 1 rings (SSSR count). The lowest BCUT2D eigenvalue weighted by molar-refractivity contribution is -0.140. The van der Waals surface area contributed by atoms with Crippen LogP contribution in [-0.2, 0) is 14.3 Å². The molecule has 1 aliphatic heterocycles. The lowest BCUT2D eigenvalue weighted by Gasteiger charge is -2.12. The third-order valence-corrected chi connectivity index (χ3v) is 1.43. The lowest BCUT2D eigenvalue weighted by Crippen LogP contribution is -2.35. The van der Waals surface area contributed by atoms with Crippen LogP contribution in [0.2, 0.25) is 0 Å². The summed E-state index contributed by atoms with van der Waals surface area (Å²) in [5, 5.41) is 2.19. The molecule has 3 amide bonds. The van der Waals surface area contributed by atoms with E-state index in [4.69, 9.17) is 0 Å². The van der Waals surface area contributed by atoms with Crippen LogP contribution in [0.5, 0.6) is 0 Å². The van der Waals surface area contributed by atoms with E-state index in [-0.39, 0.29) is 6.73 Å². The van der Waals surface area contributed by atoms with Gasteiger partial charge in [0, 0.05) is 19.2 Å². The second kappa shape index (κ2) is 3.70. The first-order valence-corrected chi connectivity index (χ1v) is 3.53. The Kier molecular flexibility index (Phi) is 2.63. The van der Waals surface area contributed by atoms with Crippen LogP contribution < -0.4 is 5.32 Å². The van der Waals surface area contributed by atoms with E-state index in [9.17, 15) is 14.4 Å². The van der Waals surface area contributed by atoms with Gasteiger partial charge in [-0.25, -0.2) is 9.69 Å². The number of ether oxygens (including phenoxy) is 1. The molecule has 13 heavy (non-hydrogen) atoms. The van der Waals surface area contributed by atoms with Crippen LogP contribution in [0.15, 0.2) is 12.2 Å². The Morgan fingerprint density at radius 2 is 2.00 bits per heavy atom. The summed E-state index contributed by atoms with van der Waals surface area (Å²) >= 11 is 0. The molecule has 0 aromatic rings. The first kappa shape index (κ1) is 9.24. The molecule has 6 heteroatoms. The zero-order chi connectivity index (χ0) is 9.84. The molecule has 1 heterocycles. The van der Waals surface area contributed by atoms with Gasteiger partial charge in [-0.15, -0.1) is 0 Å². The number of hydrogen-bond donors (Lipinski definition) is 1. The number of carbonyl (C=O) groups is 3. The number of carbonyl (C=O) groups excluding carboxylic acids is 3. The van der Waals surface area contributed by atoms with E-state index in [0.29, 0.717) is 0 Å². The van der Waals surface area contributed by atoms with Crippen molar-refractivity contribution >= 4 is 17.9 Å². The average Bonchev–Trinajstić information content (AvgIpc) is 2.43. The molecule has 0 saturated carbocycles. The molecule has 0 spiro atoms. The van der Waals surface area contributed by atoms with E-state index in [2.05, 4.69) is 10.1 Å². The van der Waals surface area contributed by atoms with Gasteiger partial charge in [-0.05, 0) is 0 Å². The predicted molar refractivity (Wildman–Crippen MR) is 41.4 cm³/mol. The van der Waals surface area contributed by atoms with Gasteiger partial charge >= 0.3 is 6.09 Å². The smallest absolute Gasteiger partial charge is 0.408 e. The molecule has 6 nitrogen and oxygen atoms in total. The van der Waals surface area contributed by atoms with E-state index in [0.717, 1.165) is 17.1 Å². The zero-order valence-corrected chi connectivity index (χ0v) is 6.94. The van der Waals surface area contributed by atoms with Crippen molar-refractivity contribution in [2.75, 3.05) is 13.8 Å². The summed E-state index contributed by atoms with van der Waals surface area (Å²) in [6.07, 6.45) is 1.55. The maximum absolute atomic E-state index is 10.9. The molecule has 0 aromatic carbocycles. The molecule has 0 fully saturated rings. The summed E-state index contributed by atoms with van der Waals surface area (Å²) in [7, 11) is 1.38. The predicted octanol–water partition coefficient (Wildman–Crippen LogP) is -0.775. The fourth-order valence-electron chi connectivity index (χ4n) is 0.754. The van der Waals surface area contributed by atoms with Gasteiger partial charge in [-0.1, -0.05) is 0 Å². The topological polar surface area (TPSA) is 75.7 Å². The Labute approximate surface area is 74.1 Å². The number of alkyl carbamates (subject to hydrolysis) is 1. The fraction of sp³-hybridized carbons (Fsp3) is 0.286. The van der Waals surface area contributed by atoms with Gasteiger partial charge in [0.2, 0.25) is 0 Å². The van der Waals surface area contributed by atoms with Crippen LogP contribution in [0.25, 0.3) is 0 Å². The second-order valence-corrected chi connectivity index (χ2v) is 2.25. The maximum Gasteiger partial charge on any atom is 0.408 e. The number of nitrogens with one attached hydrogen (secondary N) is 1. The summed E-state index contributed by atoms with van der Waals surface area (Å²) in [6, 6.07) is 0. The Morgan fingerprint density at radius 3 is 2.46 bits per heavy atom. The van der Waals surface area contributed by atoms with Crippen molar-refractivity contribution in [3.63, 3.8) is 0 Å². The van der Waals surface area contributed by atoms with Crippen molar-refractivity contribution in [1.29, 1.82) is 0 Å². The van der Waals surface area contributed by atoms with E-state index < -0.39 is 17.9 Å². The molecule has 1 aliphatic rings. The number of imide groups is 1. The van der Waals surface area contributed by atoms with E-state index in [1.165, 1.54) is 7.05 Å². The van der Waals surface area contributed by atoms with Crippen molar-refractivity contribution < 1.29 is 19.1 Å². The van der Waals surface area contributed by atoms with Gasteiger partial charge in [-0.2, -0.15) is 0 Å². The summed E-state index contributed by atoms with van der Waals surface area (Å²) in [4.78, 5) is 33.2. The van der Waals surface area contributed by atoms with Gasteiger partial charge < -0.3 is 10.1 Å². The number of rotatable bonds is 2. The van der Waals surface area contributed by atoms with Crippen molar-refractivity contribution in [3.8, 4) is 0 Å². The number of amides is 3. The Balaban J connectivity index is 2.42. The molecule has 0 aliphatic carbocycles. The summed E-state index contributed by atoms with van der Waals surface area (Å²) < 4.78 is 4.51. The Bertz CT molecular complexity index is 266.